The lowest BCUT2D eigenvalue weighted by Crippen LogP contribution is -2.17. The van der Waals surface area contributed by atoms with Gasteiger partial charge in [-0.3, -0.25) is 0 Å². The molecule has 0 aromatic rings. The highest BCUT2D eigenvalue weighted by atomic mass is 15.1. The minimum atomic E-state index is 1.17. The monoisotopic (exact) mass is 101 g/mol. The first-order chi connectivity index (χ1) is 3.31. The van der Waals surface area contributed by atoms with E-state index in [0.717, 1.165) is 0 Å². The van der Waals surface area contributed by atoms with Gasteiger partial charge in [-0.2, -0.15) is 0 Å². The molecule has 0 aliphatic rings. The molecule has 0 aliphatic heterocycles. The Morgan fingerprint density at radius 3 is 2.00 bits per heavy atom. The summed E-state index contributed by atoms with van der Waals surface area (Å²) in [6.07, 6.45) is 1.27. The number of hydrogen-bond donors (Lipinski definition) is 0. The lowest BCUT2D eigenvalue weighted by atomic mass is 10.4. The summed E-state index contributed by atoms with van der Waals surface area (Å²) in [5.74, 6) is 0. The van der Waals surface area contributed by atoms with Crippen LogP contribution in [0.1, 0.15) is 20.3 Å². The number of rotatable bonds is 3. The van der Waals surface area contributed by atoms with Gasteiger partial charge in [0.2, 0.25) is 0 Å². The third-order valence-corrected chi connectivity index (χ3v) is 1.15. The topological polar surface area (TPSA) is 3.24 Å². The summed E-state index contributed by atoms with van der Waals surface area (Å²) in [4.78, 5) is 2.31. The van der Waals surface area contributed by atoms with Gasteiger partial charge < -0.3 is 4.90 Å². The van der Waals surface area contributed by atoms with Crippen molar-refractivity contribution in [1.82, 2.24) is 4.90 Å². The second-order valence-electron chi connectivity index (χ2n) is 1.90. The molecule has 7 heavy (non-hydrogen) atoms. The van der Waals surface area contributed by atoms with Crippen molar-refractivity contribution in [2.45, 2.75) is 20.3 Å². The van der Waals surface area contributed by atoms with Crippen molar-refractivity contribution in [2.24, 2.45) is 0 Å². The third kappa shape index (κ3) is 3.80. The third-order valence-electron chi connectivity index (χ3n) is 1.15. The molecule has 0 unspecified atom stereocenters. The van der Waals surface area contributed by atoms with E-state index in [1.54, 1.807) is 0 Å². The molecular weight excluding hydrogens is 86.1 g/mol. The lowest BCUT2D eigenvalue weighted by Gasteiger charge is -2.10. The van der Waals surface area contributed by atoms with Crippen LogP contribution in [0.15, 0.2) is 0 Å². The number of nitrogens with zero attached hydrogens (tertiary/aromatic N) is 1. The zero-order valence-corrected chi connectivity index (χ0v) is 5.57. The van der Waals surface area contributed by atoms with Crippen LogP contribution in [0.5, 0.6) is 0 Å². The van der Waals surface area contributed by atoms with Gasteiger partial charge in [0.1, 0.15) is 0 Å². The molecule has 1 nitrogen and oxygen atoms in total. The summed E-state index contributed by atoms with van der Waals surface area (Å²) >= 11 is 0. The summed E-state index contributed by atoms with van der Waals surface area (Å²) in [6, 6.07) is 0. The predicted octanol–water partition coefficient (Wildman–Crippen LogP) is 1.35. The van der Waals surface area contributed by atoms with Crippen molar-refractivity contribution in [3.05, 3.63) is 0 Å². The molecule has 0 atom stereocenters. The van der Waals surface area contributed by atoms with E-state index in [9.17, 15) is 0 Å². The normalized spacial score (nSPS) is 10.3. The van der Waals surface area contributed by atoms with Crippen molar-refractivity contribution >= 4 is 0 Å². The SMILES string of the molecule is CCCN(C)CC. The standard InChI is InChI=1S/C6H15N/c1-4-6-7(3)5-2/h4-6H2,1-3H3. The van der Waals surface area contributed by atoms with Crippen molar-refractivity contribution < 1.29 is 0 Å². The highest BCUT2D eigenvalue weighted by Crippen LogP contribution is 1.81. The summed E-state index contributed by atoms with van der Waals surface area (Å²) in [6.45, 7) is 6.78. The molecule has 0 radical (unpaired) electrons. The fourth-order valence-electron chi connectivity index (χ4n) is 0.540. The molecule has 0 amide bonds. The molecule has 0 fully saturated rings. The van der Waals surface area contributed by atoms with Gasteiger partial charge in [-0.05, 0) is 26.6 Å². The van der Waals surface area contributed by atoms with Crippen LogP contribution in [-0.4, -0.2) is 25.0 Å². The molecule has 0 rings (SSSR count). The van der Waals surface area contributed by atoms with Crippen LogP contribution in [0, 0.1) is 0 Å². The minimum Gasteiger partial charge on any atom is -0.307 e. The first-order valence-corrected chi connectivity index (χ1v) is 2.99. The summed E-state index contributed by atoms with van der Waals surface area (Å²) in [7, 11) is 2.14. The largest absolute Gasteiger partial charge is 0.307 e. The van der Waals surface area contributed by atoms with Crippen molar-refractivity contribution in [2.75, 3.05) is 20.1 Å². The first-order valence-electron chi connectivity index (χ1n) is 2.99. The van der Waals surface area contributed by atoms with Gasteiger partial charge in [0.15, 0.2) is 0 Å². The van der Waals surface area contributed by atoms with E-state index in [-0.39, 0.29) is 0 Å². The van der Waals surface area contributed by atoms with Crippen LogP contribution in [0.3, 0.4) is 0 Å². The van der Waals surface area contributed by atoms with Gasteiger partial charge in [-0.1, -0.05) is 13.8 Å². The number of hydrogen-bond acceptors (Lipinski definition) is 1. The van der Waals surface area contributed by atoms with Crippen molar-refractivity contribution in [1.29, 1.82) is 0 Å². The molecule has 0 spiro atoms. The van der Waals surface area contributed by atoms with E-state index < -0.39 is 0 Å². The van der Waals surface area contributed by atoms with Crippen LogP contribution in [0.4, 0.5) is 0 Å². The Balaban J connectivity index is 2.83. The van der Waals surface area contributed by atoms with E-state index >= 15 is 0 Å². The van der Waals surface area contributed by atoms with Gasteiger partial charge in [-0.15, -0.1) is 0 Å². The Labute approximate surface area is 46.3 Å². The average molecular weight is 101 g/mol. The molecular formula is C6H15N. The second kappa shape index (κ2) is 4.13. The van der Waals surface area contributed by atoms with E-state index in [1.165, 1.54) is 19.5 Å². The Kier molecular flexibility index (Phi) is 4.10. The molecule has 0 aliphatic carbocycles. The zero-order chi connectivity index (χ0) is 5.70. The van der Waals surface area contributed by atoms with Gasteiger partial charge in [-0.25, -0.2) is 0 Å². The van der Waals surface area contributed by atoms with Gasteiger partial charge in [0.05, 0.1) is 0 Å². The summed E-state index contributed by atoms with van der Waals surface area (Å²) < 4.78 is 0. The molecule has 0 N–H and O–H groups in total. The van der Waals surface area contributed by atoms with Gasteiger partial charge >= 0.3 is 0 Å². The quantitative estimate of drug-likeness (QED) is 0.518. The van der Waals surface area contributed by atoms with Crippen LogP contribution >= 0.6 is 0 Å². The average Bonchev–Trinajstić information content (AvgIpc) is 1.68. The fourth-order valence-corrected chi connectivity index (χ4v) is 0.540. The van der Waals surface area contributed by atoms with Crippen molar-refractivity contribution in [3.63, 3.8) is 0 Å². The zero-order valence-electron chi connectivity index (χ0n) is 5.57. The summed E-state index contributed by atoms with van der Waals surface area (Å²) in [5.41, 5.74) is 0. The lowest BCUT2D eigenvalue weighted by molar-refractivity contribution is 0.353. The first kappa shape index (κ1) is 6.96. The highest BCUT2D eigenvalue weighted by Gasteiger charge is 1.86. The molecule has 0 saturated carbocycles. The molecule has 44 valence electrons. The molecule has 0 bridgehead atoms. The Morgan fingerprint density at radius 2 is 1.86 bits per heavy atom. The molecule has 0 saturated heterocycles. The molecule has 0 aromatic carbocycles. The van der Waals surface area contributed by atoms with Crippen molar-refractivity contribution in [3.8, 4) is 0 Å². The van der Waals surface area contributed by atoms with E-state index in [2.05, 4.69) is 25.8 Å². The smallest absolute Gasteiger partial charge is 0.00245 e. The molecule has 0 aromatic heterocycles. The minimum absolute atomic E-state index is 1.17. The van der Waals surface area contributed by atoms with Crippen LogP contribution in [-0.2, 0) is 0 Å². The van der Waals surface area contributed by atoms with E-state index in [4.69, 9.17) is 0 Å². The maximum atomic E-state index is 2.31. The van der Waals surface area contributed by atoms with Gasteiger partial charge in [0.25, 0.3) is 0 Å². The fraction of sp³-hybridized carbons (Fsp3) is 1.00. The summed E-state index contributed by atoms with van der Waals surface area (Å²) in [5, 5.41) is 0. The highest BCUT2D eigenvalue weighted by molar-refractivity contribution is 4.41. The molecule has 1 heteroatoms. The predicted molar refractivity (Wildman–Crippen MR) is 33.5 cm³/mol. The van der Waals surface area contributed by atoms with E-state index in [0.29, 0.717) is 0 Å². The van der Waals surface area contributed by atoms with Crippen LogP contribution < -0.4 is 0 Å². The Hall–Kier alpha value is -0.0400. The van der Waals surface area contributed by atoms with E-state index in [1.807, 2.05) is 0 Å². The maximum Gasteiger partial charge on any atom is -0.00245 e. The molecule has 0 heterocycles. The van der Waals surface area contributed by atoms with Gasteiger partial charge in [0, 0.05) is 0 Å². The Bertz CT molecular complexity index is 35.2. The van der Waals surface area contributed by atoms with Crippen LogP contribution in [0.2, 0.25) is 0 Å². The Morgan fingerprint density at radius 1 is 1.29 bits per heavy atom. The second-order valence-corrected chi connectivity index (χ2v) is 1.90. The maximum absolute atomic E-state index is 2.31. The van der Waals surface area contributed by atoms with Crippen LogP contribution in [0.25, 0.3) is 0 Å².